The summed E-state index contributed by atoms with van der Waals surface area (Å²) in [5, 5.41) is 15.3. The van der Waals surface area contributed by atoms with Gasteiger partial charge in [0.05, 0.1) is 10.7 Å². The Morgan fingerprint density at radius 3 is 2.41 bits per heavy atom. The molecule has 0 aliphatic rings. The SMILES string of the molecule is Cc1ccc(NC(=O)/C(C#N)=C\c2ccccc2OCC(=O)Nc2ccccc2Cl)cc1. The Kier molecular flexibility index (Phi) is 7.63. The Labute approximate surface area is 191 Å². The number of halogens is 1. The highest BCUT2D eigenvalue weighted by atomic mass is 35.5. The van der Waals surface area contributed by atoms with Gasteiger partial charge in [-0.25, -0.2) is 0 Å². The minimum Gasteiger partial charge on any atom is -0.483 e. The maximum Gasteiger partial charge on any atom is 0.266 e. The van der Waals surface area contributed by atoms with Gasteiger partial charge in [0.2, 0.25) is 0 Å². The minimum absolute atomic E-state index is 0.0952. The molecule has 0 saturated heterocycles. The summed E-state index contributed by atoms with van der Waals surface area (Å²) in [4.78, 5) is 24.8. The van der Waals surface area contributed by atoms with E-state index in [-0.39, 0.29) is 12.2 Å². The van der Waals surface area contributed by atoms with Crippen molar-refractivity contribution in [2.24, 2.45) is 0 Å². The zero-order chi connectivity index (χ0) is 22.9. The van der Waals surface area contributed by atoms with Crippen LogP contribution in [-0.2, 0) is 9.59 Å². The fraction of sp³-hybridized carbons (Fsp3) is 0.0800. The van der Waals surface area contributed by atoms with Crippen LogP contribution in [0.5, 0.6) is 5.75 Å². The fourth-order valence-electron chi connectivity index (χ4n) is 2.76. The second-order valence-electron chi connectivity index (χ2n) is 6.84. The van der Waals surface area contributed by atoms with Gasteiger partial charge in [0.15, 0.2) is 6.61 Å². The average Bonchev–Trinajstić information content (AvgIpc) is 2.79. The fourth-order valence-corrected chi connectivity index (χ4v) is 2.95. The number of amides is 2. The number of ether oxygens (including phenoxy) is 1. The van der Waals surface area contributed by atoms with Crippen LogP contribution in [-0.4, -0.2) is 18.4 Å². The lowest BCUT2D eigenvalue weighted by Crippen LogP contribution is -2.20. The number of nitriles is 1. The summed E-state index contributed by atoms with van der Waals surface area (Å²) in [6.07, 6.45) is 1.42. The first kappa shape index (κ1) is 22.6. The molecule has 0 spiro atoms. The summed E-state index contributed by atoms with van der Waals surface area (Å²) in [5.41, 5.74) is 2.53. The predicted octanol–water partition coefficient (Wildman–Crippen LogP) is 5.21. The molecule has 3 aromatic carbocycles. The first-order valence-corrected chi connectivity index (χ1v) is 10.1. The number of carbonyl (C=O) groups is 2. The Morgan fingerprint density at radius 2 is 1.69 bits per heavy atom. The molecule has 3 aromatic rings. The molecule has 0 radical (unpaired) electrons. The normalized spacial score (nSPS) is 10.7. The van der Waals surface area contributed by atoms with Gasteiger partial charge in [-0.1, -0.05) is 59.6 Å². The second kappa shape index (κ2) is 10.8. The molecule has 0 aromatic heterocycles. The highest BCUT2D eigenvalue weighted by Crippen LogP contribution is 2.23. The van der Waals surface area contributed by atoms with Crippen molar-refractivity contribution >= 4 is 40.9 Å². The third kappa shape index (κ3) is 6.21. The van der Waals surface area contributed by atoms with Gasteiger partial charge in [0.25, 0.3) is 11.8 Å². The van der Waals surface area contributed by atoms with E-state index in [0.717, 1.165) is 5.56 Å². The van der Waals surface area contributed by atoms with Gasteiger partial charge < -0.3 is 15.4 Å². The Hall–Kier alpha value is -4.08. The van der Waals surface area contributed by atoms with E-state index in [0.29, 0.717) is 27.7 Å². The first-order valence-electron chi connectivity index (χ1n) is 9.72. The van der Waals surface area contributed by atoms with Crippen molar-refractivity contribution < 1.29 is 14.3 Å². The number of para-hydroxylation sites is 2. The third-order valence-corrected chi connectivity index (χ3v) is 4.73. The number of aryl methyl sites for hydroxylation is 1. The zero-order valence-electron chi connectivity index (χ0n) is 17.3. The Bertz CT molecular complexity index is 1200. The maximum atomic E-state index is 12.5. The number of hydrogen-bond acceptors (Lipinski definition) is 4. The number of nitrogens with zero attached hydrogens (tertiary/aromatic N) is 1. The number of hydrogen-bond donors (Lipinski definition) is 2. The van der Waals surface area contributed by atoms with Crippen LogP contribution in [0.25, 0.3) is 6.08 Å². The predicted molar refractivity (Wildman–Crippen MR) is 125 cm³/mol. The molecule has 0 heterocycles. The summed E-state index contributed by atoms with van der Waals surface area (Å²) in [7, 11) is 0. The van der Waals surface area contributed by atoms with Crippen LogP contribution in [0.2, 0.25) is 5.02 Å². The quantitative estimate of drug-likeness (QED) is 0.385. The molecule has 0 unspecified atom stereocenters. The lowest BCUT2D eigenvalue weighted by molar-refractivity contribution is -0.118. The van der Waals surface area contributed by atoms with Gasteiger partial charge in [0, 0.05) is 11.3 Å². The number of anilines is 2. The smallest absolute Gasteiger partial charge is 0.266 e. The highest BCUT2D eigenvalue weighted by molar-refractivity contribution is 6.33. The molecule has 2 amide bonds. The third-order valence-electron chi connectivity index (χ3n) is 4.40. The van der Waals surface area contributed by atoms with Gasteiger partial charge in [-0.05, 0) is 43.3 Å². The Morgan fingerprint density at radius 1 is 1.00 bits per heavy atom. The van der Waals surface area contributed by atoms with Crippen LogP contribution >= 0.6 is 11.6 Å². The van der Waals surface area contributed by atoms with Crippen LogP contribution in [0.3, 0.4) is 0 Å². The number of benzene rings is 3. The van der Waals surface area contributed by atoms with Crippen molar-refractivity contribution in [2.75, 3.05) is 17.2 Å². The molecule has 32 heavy (non-hydrogen) atoms. The van der Waals surface area contributed by atoms with Crippen molar-refractivity contribution in [1.29, 1.82) is 5.26 Å². The van der Waals surface area contributed by atoms with Crippen LogP contribution in [0.15, 0.2) is 78.4 Å². The van der Waals surface area contributed by atoms with Crippen molar-refractivity contribution in [1.82, 2.24) is 0 Å². The van der Waals surface area contributed by atoms with E-state index < -0.39 is 11.8 Å². The molecule has 7 heteroatoms. The summed E-state index contributed by atoms with van der Waals surface area (Å²) in [6, 6.07) is 22.9. The number of rotatable bonds is 7. The lowest BCUT2D eigenvalue weighted by atomic mass is 10.1. The summed E-state index contributed by atoms with van der Waals surface area (Å²) in [5.74, 6) is -0.574. The van der Waals surface area contributed by atoms with Gasteiger partial charge in [-0.15, -0.1) is 0 Å². The van der Waals surface area contributed by atoms with Crippen molar-refractivity contribution in [3.8, 4) is 11.8 Å². The van der Waals surface area contributed by atoms with Gasteiger partial charge in [-0.2, -0.15) is 5.26 Å². The van der Waals surface area contributed by atoms with Gasteiger partial charge in [0.1, 0.15) is 17.4 Å². The van der Waals surface area contributed by atoms with E-state index in [9.17, 15) is 14.9 Å². The largest absolute Gasteiger partial charge is 0.483 e. The van der Waals surface area contributed by atoms with E-state index in [2.05, 4.69) is 10.6 Å². The van der Waals surface area contributed by atoms with E-state index in [1.54, 1.807) is 60.7 Å². The standard InChI is InChI=1S/C25H20ClN3O3/c1-17-10-12-20(13-11-17)28-25(31)19(15-27)14-18-6-2-5-9-23(18)32-16-24(30)29-22-8-4-3-7-21(22)26/h2-14H,16H2,1H3,(H,28,31)(H,29,30)/b19-14-. The molecular formula is C25H20ClN3O3. The van der Waals surface area contributed by atoms with E-state index in [1.165, 1.54) is 6.08 Å². The zero-order valence-corrected chi connectivity index (χ0v) is 18.0. The first-order chi connectivity index (χ1) is 15.5. The number of carbonyl (C=O) groups excluding carboxylic acids is 2. The molecule has 0 atom stereocenters. The van der Waals surface area contributed by atoms with Crippen molar-refractivity contribution in [2.45, 2.75) is 6.92 Å². The molecule has 2 N–H and O–H groups in total. The summed E-state index contributed by atoms with van der Waals surface area (Å²) >= 11 is 6.05. The second-order valence-corrected chi connectivity index (χ2v) is 7.25. The monoisotopic (exact) mass is 445 g/mol. The van der Waals surface area contributed by atoms with Crippen LogP contribution in [0, 0.1) is 18.3 Å². The molecule has 0 aliphatic carbocycles. The topological polar surface area (TPSA) is 91.2 Å². The Balaban J connectivity index is 1.70. The highest BCUT2D eigenvalue weighted by Gasteiger charge is 2.12. The summed E-state index contributed by atoms with van der Waals surface area (Å²) < 4.78 is 5.63. The minimum atomic E-state index is -0.539. The molecule has 0 saturated carbocycles. The van der Waals surface area contributed by atoms with E-state index >= 15 is 0 Å². The molecule has 6 nitrogen and oxygen atoms in total. The van der Waals surface area contributed by atoms with Gasteiger partial charge in [-0.3, -0.25) is 9.59 Å². The molecule has 160 valence electrons. The molecule has 0 fully saturated rings. The van der Waals surface area contributed by atoms with Crippen molar-refractivity contribution in [3.63, 3.8) is 0 Å². The van der Waals surface area contributed by atoms with E-state index in [4.69, 9.17) is 16.3 Å². The molecule has 3 rings (SSSR count). The molecule has 0 aliphatic heterocycles. The van der Waals surface area contributed by atoms with Crippen LogP contribution < -0.4 is 15.4 Å². The van der Waals surface area contributed by atoms with Crippen molar-refractivity contribution in [3.05, 3.63) is 94.5 Å². The average molecular weight is 446 g/mol. The lowest BCUT2D eigenvalue weighted by Gasteiger charge is -2.11. The molecule has 0 bridgehead atoms. The molecular weight excluding hydrogens is 426 g/mol. The van der Waals surface area contributed by atoms with E-state index in [1.807, 2.05) is 25.1 Å². The maximum absolute atomic E-state index is 12.5. The van der Waals surface area contributed by atoms with Gasteiger partial charge >= 0.3 is 0 Å². The van der Waals surface area contributed by atoms with Crippen LogP contribution in [0.4, 0.5) is 11.4 Å². The summed E-state index contributed by atoms with van der Waals surface area (Å²) in [6.45, 7) is 1.67. The van der Waals surface area contributed by atoms with Crippen LogP contribution in [0.1, 0.15) is 11.1 Å². The number of nitrogens with one attached hydrogen (secondary N) is 2.